The van der Waals surface area contributed by atoms with Gasteiger partial charge in [0.2, 0.25) is 0 Å². The molecule has 0 fully saturated rings. The number of anilines is 1. The minimum atomic E-state index is -0.268. The molecule has 0 radical (unpaired) electrons. The summed E-state index contributed by atoms with van der Waals surface area (Å²) in [5, 5.41) is 6.32. The third kappa shape index (κ3) is 5.13. The second kappa shape index (κ2) is 9.54. The molecular formula is C28H28N6OS. The number of carbonyl (C=O) groups is 1. The Bertz CT molecular complexity index is 1530. The second-order valence-corrected chi connectivity index (χ2v) is 10.8. The molecule has 0 atom stereocenters. The fraction of sp³-hybridized carbons (Fsp3) is 0.214. The van der Waals surface area contributed by atoms with Gasteiger partial charge in [0.1, 0.15) is 5.65 Å². The fourth-order valence-electron chi connectivity index (χ4n) is 3.89. The molecule has 0 aliphatic rings. The van der Waals surface area contributed by atoms with Gasteiger partial charge in [-0.15, -0.1) is 11.3 Å². The molecule has 36 heavy (non-hydrogen) atoms. The number of hydrogen-bond donors (Lipinski definition) is 2. The maximum atomic E-state index is 12.3. The van der Waals surface area contributed by atoms with E-state index in [0.29, 0.717) is 11.7 Å². The van der Waals surface area contributed by atoms with E-state index in [0.717, 1.165) is 44.2 Å². The molecule has 182 valence electrons. The van der Waals surface area contributed by atoms with Gasteiger partial charge in [-0.1, -0.05) is 45.0 Å². The SMILES string of the molecule is Cc1cc(-c2ccn3c(-c4ccc(CNC(=O)Nc5ncc(C(C)(C)C)s5)cc4)cnc3c2)ccn1. The average Bonchev–Trinajstić information content (AvgIpc) is 3.50. The molecule has 1 aromatic carbocycles. The Morgan fingerprint density at radius 2 is 1.72 bits per heavy atom. The summed E-state index contributed by atoms with van der Waals surface area (Å²) in [7, 11) is 0. The number of aryl methyl sites for hydroxylation is 1. The van der Waals surface area contributed by atoms with Crippen LogP contribution in [-0.2, 0) is 12.0 Å². The maximum Gasteiger partial charge on any atom is 0.321 e. The molecule has 0 bridgehead atoms. The van der Waals surface area contributed by atoms with Crippen molar-refractivity contribution >= 4 is 28.1 Å². The van der Waals surface area contributed by atoms with E-state index < -0.39 is 0 Å². The van der Waals surface area contributed by atoms with Crippen LogP contribution in [0, 0.1) is 6.92 Å². The molecule has 0 aliphatic carbocycles. The number of rotatable bonds is 5. The number of imidazole rings is 1. The number of nitrogens with one attached hydrogen (secondary N) is 2. The van der Waals surface area contributed by atoms with Crippen molar-refractivity contribution in [2.75, 3.05) is 5.32 Å². The van der Waals surface area contributed by atoms with Gasteiger partial charge in [-0.2, -0.15) is 0 Å². The highest BCUT2D eigenvalue weighted by molar-refractivity contribution is 7.15. The predicted molar refractivity (Wildman–Crippen MR) is 145 cm³/mol. The first-order chi connectivity index (χ1) is 17.3. The first-order valence-electron chi connectivity index (χ1n) is 11.8. The average molecular weight is 497 g/mol. The normalized spacial score (nSPS) is 11.6. The van der Waals surface area contributed by atoms with Crippen LogP contribution in [0.2, 0.25) is 0 Å². The standard InChI is InChI=1S/C28H28N6OS/c1-18-13-21(9-11-29-18)22-10-12-34-23(16-30-25(34)14-22)20-7-5-19(6-8-20)15-31-26(35)33-27-32-17-24(36-27)28(2,3)4/h5-14,16-17H,15H2,1-4H3,(H2,31,32,33,35). The monoisotopic (exact) mass is 496 g/mol. The lowest BCUT2D eigenvalue weighted by molar-refractivity contribution is 0.251. The zero-order valence-electron chi connectivity index (χ0n) is 20.7. The van der Waals surface area contributed by atoms with Crippen molar-refractivity contribution in [3.05, 3.63) is 89.5 Å². The van der Waals surface area contributed by atoms with Crippen LogP contribution < -0.4 is 10.6 Å². The molecule has 0 saturated carbocycles. The van der Waals surface area contributed by atoms with Gasteiger partial charge in [-0.3, -0.25) is 14.7 Å². The van der Waals surface area contributed by atoms with Crippen molar-refractivity contribution in [3.8, 4) is 22.4 Å². The Labute approximate surface area is 214 Å². The molecule has 0 spiro atoms. The lowest BCUT2D eigenvalue weighted by Gasteiger charge is -2.14. The van der Waals surface area contributed by atoms with Crippen LogP contribution in [0.3, 0.4) is 0 Å². The first kappa shape index (κ1) is 23.7. The number of benzene rings is 1. The van der Waals surface area contributed by atoms with Gasteiger partial charge < -0.3 is 5.32 Å². The Morgan fingerprint density at radius 1 is 0.944 bits per heavy atom. The quantitative estimate of drug-likeness (QED) is 0.293. The van der Waals surface area contributed by atoms with E-state index in [2.05, 4.69) is 81.1 Å². The number of amides is 2. The lowest BCUT2D eigenvalue weighted by atomic mass is 9.96. The van der Waals surface area contributed by atoms with Crippen LogP contribution in [-0.4, -0.2) is 25.4 Å². The van der Waals surface area contributed by atoms with Gasteiger partial charge >= 0.3 is 6.03 Å². The smallest absolute Gasteiger partial charge is 0.321 e. The molecule has 5 aromatic rings. The van der Waals surface area contributed by atoms with E-state index in [1.54, 1.807) is 0 Å². The highest BCUT2D eigenvalue weighted by atomic mass is 32.1. The van der Waals surface area contributed by atoms with E-state index in [1.165, 1.54) is 11.3 Å². The van der Waals surface area contributed by atoms with Crippen LogP contribution in [0.15, 0.2) is 73.3 Å². The summed E-state index contributed by atoms with van der Waals surface area (Å²) in [6.45, 7) is 8.79. The van der Waals surface area contributed by atoms with Crippen molar-refractivity contribution in [1.29, 1.82) is 0 Å². The number of fused-ring (bicyclic) bond motifs is 1. The van der Waals surface area contributed by atoms with Gasteiger partial charge in [-0.25, -0.2) is 14.8 Å². The van der Waals surface area contributed by atoms with Crippen molar-refractivity contribution in [1.82, 2.24) is 24.7 Å². The molecule has 2 N–H and O–H groups in total. The van der Waals surface area contributed by atoms with Crippen LogP contribution in [0.1, 0.15) is 36.9 Å². The fourth-order valence-corrected chi connectivity index (χ4v) is 4.76. The highest BCUT2D eigenvalue weighted by Gasteiger charge is 2.18. The number of urea groups is 1. The summed E-state index contributed by atoms with van der Waals surface area (Å²) < 4.78 is 2.08. The molecule has 0 aliphatic heterocycles. The van der Waals surface area contributed by atoms with Gasteiger partial charge in [-0.05, 0) is 53.3 Å². The van der Waals surface area contributed by atoms with E-state index in [-0.39, 0.29) is 11.4 Å². The van der Waals surface area contributed by atoms with E-state index >= 15 is 0 Å². The van der Waals surface area contributed by atoms with E-state index in [9.17, 15) is 4.79 Å². The number of thiazole rings is 1. The van der Waals surface area contributed by atoms with Crippen LogP contribution >= 0.6 is 11.3 Å². The molecule has 4 heterocycles. The molecule has 4 aromatic heterocycles. The van der Waals surface area contributed by atoms with Crippen molar-refractivity contribution in [3.63, 3.8) is 0 Å². The Kier molecular flexibility index (Phi) is 6.28. The molecule has 7 nitrogen and oxygen atoms in total. The van der Waals surface area contributed by atoms with Crippen molar-refractivity contribution in [2.45, 2.75) is 39.7 Å². The largest absolute Gasteiger partial charge is 0.334 e. The minimum absolute atomic E-state index is 0.0116. The predicted octanol–water partition coefficient (Wildman–Crippen LogP) is 6.45. The van der Waals surface area contributed by atoms with Gasteiger partial charge in [0.15, 0.2) is 5.13 Å². The molecule has 5 rings (SSSR count). The summed E-state index contributed by atoms with van der Waals surface area (Å²) in [5.41, 5.74) is 7.19. The molecular weight excluding hydrogens is 468 g/mol. The Balaban J connectivity index is 1.24. The maximum absolute atomic E-state index is 12.3. The van der Waals surface area contributed by atoms with Crippen LogP contribution in [0.25, 0.3) is 28.0 Å². The molecule has 0 unspecified atom stereocenters. The summed E-state index contributed by atoms with van der Waals surface area (Å²) in [4.78, 5) is 26.7. The number of nitrogens with zero attached hydrogens (tertiary/aromatic N) is 4. The highest BCUT2D eigenvalue weighted by Crippen LogP contribution is 2.30. The van der Waals surface area contributed by atoms with Crippen LogP contribution in [0.5, 0.6) is 0 Å². The first-order valence-corrected chi connectivity index (χ1v) is 12.6. The number of pyridine rings is 2. The molecule has 8 heteroatoms. The minimum Gasteiger partial charge on any atom is -0.334 e. The van der Waals surface area contributed by atoms with Gasteiger partial charge in [0.25, 0.3) is 0 Å². The summed E-state index contributed by atoms with van der Waals surface area (Å²) in [5.74, 6) is 0. The number of carbonyl (C=O) groups excluding carboxylic acids is 1. The lowest BCUT2D eigenvalue weighted by Crippen LogP contribution is -2.28. The molecule has 2 amide bonds. The van der Waals surface area contributed by atoms with E-state index in [4.69, 9.17) is 0 Å². The second-order valence-electron chi connectivity index (χ2n) is 9.76. The molecule has 0 saturated heterocycles. The van der Waals surface area contributed by atoms with Crippen LogP contribution in [0.4, 0.5) is 9.93 Å². The van der Waals surface area contributed by atoms with E-state index in [1.807, 2.05) is 49.9 Å². The Morgan fingerprint density at radius 3 is 2.44 bits per heavy atom. The third-order valence-corrected chi connectivity index (χ3v) is 7.25. The summed E-state index contributed by atoms with van der Waals surface area (Å²) >= 11 is 1.50. The van der Waals surface area contributed by atoms with Gasteiger partial charge in [0.05, 0.1) is 11.9 Å². The summed E-state index contributed by atoms with van der Waals surface area (Å²) in [6.07, 6.45) is 7.58. The van der Waals surface area contributed by atoms with Crippen molar-refractivity contribution in [2.24, 2.45) is 0 Å². The zero-order valence-corrected chi connectivity index (χ0v) is 21.6. The number of hydrogen-bond acceptors (Lipinski definition) is 5. The third-order valence-electron chi connectivity index (χ3n) is 5.91. The van der Waals surface area contributed by atoms with Crippen molar-refractivity contribution < 1.29 is 4.79 Å². The zero-order chi connectivity index (χ0) is 25.3. The number of aromatic nitrogens is 4. The Hall–Kier alpha value is -4.04. The summed E-state index contributed by atoms with van der Waals surface area (Å²) in [6, 6.07) is 16.1. The van der Waals surface area contributed by atoms with Gasteiger partial charge in [0, 0.05) is 41.3 Å². The topological polar surface area (TPSA) is 84.2 Å².